The van der Waals surface area contributed by atoms with Gasteiger partial charge in [-0.25, -0.2) is 0 Å². The van der Waals surface area contributed by atoms with E-state index in [9.17, 15) is 9.59 Å². The van der Waals surface area contributed by atoms with Gasteiger partial charge in [0.25, 0.3) is 5.91 Å². The molecule has 0 unspecified atom stereocenters. The van der Waals surface area contributed by atoms with Crippen molar-refractivity contribution in [2.24, 2.45) is 10.9 Å². The average Bonchev–Trinajstić information content (AvgIpc) is 2.59. The summed E-state index contributed by atoms with van der Waals surface area (Å²) in [7, 11) is 0. The Morgan fingerprint density at radius 3 is 2.46 bits per heavy atom. The lowest BCUT2D eigenvalue weighted by Crippen LogP contribution is -2.58. The minimum Gasteiger partial charge on any atom is -0.301 e. The molecule has 1 saturated heterocycles. The lowest BCUT2D eigenvalue weighted by Gasteiger charge is -2.30. The summed E-state index contributed by atoms with van der Waals surface area (Å²) in [5.74, 6) is -1.93. The smallest absolute Gasteiger partial charge is 0.251 e. The van der Waals surface area contributed by atoms with Crippen molar-refractivity contribution in [3.8, 4) is 0 Å². The van der Waals surface area contributed by atoms with Crippen molar-refractivity contribution in [1.29, 1.82) is 0 Å². The van der Waals surface area contributed by atoms with E-state index in [1.54, 1.807) is 24.3 Å². The number of halogens is 1. The first-order valence-electron chi connectivity index (χ1n) is 7.92. The first kappa shape index (κ1) is 18.4. The molecule has 1 N–H and O–H groups in total. The molecule has 2 aromatic rings. The molecule has 5 nitrogen and oxygen atoms in total. The van der Waals surface area contributed by atoms with E-state index in [0.717, 1.165) is 15.6 Å². The molecule has 1 aliphatic rings. The largest absolute Gasteiger partial charge is 0.301 e. The number of benzene rings is 2. The van der Waals surface area contributed by atoms with Gasteiger partial charge in [0.2, 0.25) is 5.91 Å². The Bertz CT molecular complexity index is 925. The van der Waals surface area contributed by atoms with Crippen molar-refractivity contribution in [2.45, 2.75) is 13.8 Å². The molecule has 1 fully saturated rings. The van der Waals surface area contributed by atoms with E-state index >= 15 is 0 Å². The fourth-order valence-electron chi connectivity index (χ4n) is 2.52. The SMILES string of the molecule is Cc1ccc(N=C[C@H]2C(=O)NC(=S)N(c3ccc(Br)cc3)C2=O)cc1C. The van der Waals surface area contributed by atoms with Crippen LogP contribution in [0.1, 0.15) is 11.1 Å². The highest BCUT2D eigenvalue weighted by molar-refractivity contribution is 9.10. The molecule has 0 spiro atoms. The standard InChI is InChI=1S/C19H16BrN3O2S/c1-11-3-6-14(9-12(11)2)21-10-16-17(24)22-19(26)23(18(16)25)15-7-4-13(20)5-8-15/h3-10,16H,1-2H3,(H,22,24,26)/t16-/m0/s1. The maximum Gasteiger partial charge on any atom is 0.251 e. The van der Waals surface area contributed by atoms with Crippen molar-refractivity contribution in [2.75, 3.05) is 4.90 Å². The van der Waals surface area contributed by atoms with Gasteiger partial charge in [0.1, 0.15) is 0 Å². The van der Waals surface area contributed by atoms with Crippen LogP contribution in [0.2, 0.25) is 0 Å². The molecule has 3 rings (SSSR count). The van der Waals surface area contributed by atoms with Gasteiger partial charge in [0.05, 0.1) is 11.4 Å². The highest BCUT2D eigenvalue weighted by Gasteiger charge is 2.38. The van der Waals surface area contributed by atoms with Crippen LogP contribution in [0.3, 0.4) is 0 Å². The number of thiocarbonyl (C=S) groups is 1. The van der Waals surface area contributed by atoms with Gasteiger partial charge >= 0.3 is 0 Å². The Hall–Kier alpha value is -2.38. The Labute approximate surface area is 165 Å². The lowest BCUT2D eigenvalue weighted by atomic mass is 10.1. The Kier molecular flexibility index (Phi) is 5.29. The number of carbonyl (C=O) groups excluding carboxylic acids is 2. The predicted molar refractivity (Wildman–Crippen MR) is 110 cm³/mol. The van der Waals surface area contributed by atoms with Crippen LogP contribution in [0.25, 0.3) is 0 Å². The third-order valence-corrected chi connectivity index (χ3v) is 4.96. The first-order chi connectivity index (χ1) is 12.4. The number of rotatable bonds is 3. The van der Waals surface area contributed by atoms with Crippen LogP contribution in [0, 0.1) is 19.8 Å². The van der Waals surface area contributed by atoms with Gasteiger partial charge in [-0.3, -0.25) is 19.5 Å². The van der Waals surface area contributed by atoms with Crippen LogP contribution in [-0.2, 0) is 9.59 Å². The Morgan fingerprint density at radius 2 is 1.81 bits per heavy atom. The average molecular weight is 430 g/mol. The molecule has 0 radical (unpaired) electrons. The van der Waals surface area contributed by atoms with Gasteiger partial charge < -0.3 is 5.32 Å². The molecule has 26 heavy (non-hydrogen) atoms. The zero-order valence-electron chi connectivity index (χ0n) is 14.2. The second-order valence-corrected chi connectivity index (χ2v) is 7.27. The molecule has 0 saturated carbocycles. The van der Waals surface area contributed by atoms with Gasteiger partial charge in [-0.2, -0.15) is 0 Å². The number of hydrogen-bond acceptors (Lipinski definition) is 4. The van der Waals surface area contributed by atoms with E-state index in [1.165, 1.54) is 11.1 Å². The monoisotopic (exact) mass is 429 g/mol. The van der Waals surface area contributed by atoms with E-state index in [2.05, 4.69) is 26.2 Å². The van der Waals surface area contributed by atoms with Crippen LogP contribution in [0.5, 0.6) is 0 Å². The van der Waals surface area contributed by atoms with Gasteiger partial charge in [-0.05, 0) is 73.6 Å². The van der Waals surface area contributed by atoms with Gasteiger partial charge in [-0.1, -0.05) is 22.0 Å². The van der Waals surface area contributed by atoms with Gasteiger partial charge in [0.15, 0.2) is 11.0 Å². The number of carbonyl (C=O) groups is 2. The highest BCUT2D eigenvalue weighted by atomic mass is 79.9. The van der Waals surface area contributed by atoms with Crippen molar-refractivity contribution < 1.29 is 9.59 Å². The normalized spacial score (nSPS) is 17.7. The number of aryl methyl sites for hydroxylation is 2. The molecule has 0 aromatic heterocycles. The summed E-state index contributed by atoms with van der Waals surface area (Å²) in [4.78, 5) is 30.7. The fraction of sp³-hybridized carbons (Fsp3) is 0.158. The van der Waals surface area contributed by atoms with Crippen molar-refractivity contribution >= 4 is 62.7 Å². The summed E-state index contributed by atoms with van der Waals surface area (Å²) >= 11 is 8.53. The van der Waals surface area contributed by atoms with Crippen LogP contribution in [0.4, 0.5) is 11.4 Å². The van der Waals surface area contributed by atoms with Crippen LogP contribution in [-0.4, -0.2) is 23.1 Å². The summed E-state index contributed by atoms with van der Waals surface area (Å²) in [5, 5.41) is 2.64. The second kappa shape index (κ2) is 7.47. The quantitative estimate of drug-likeness (QED) is 0.458. The summed E-state index contributed by atoms with van der Waals surface area (Å²) in [5.41, 5.74) is 3.53. The maximum atomic E-state index is 12.8. The third-order valence-electron chi connectivity index (χ3n) is 4.15. The zero-order valence-corrected chi connectivity index (χ0v) is 16.6. The van der Waals surface area contributed by atoms with Crippen molar-refractivity contribution in [1.82, 2.24) is 5.32 Å². The van der Waals surface area contributed by atoms with Crippen LogP contribution < -0.4 is 10.2 Å². The topological polar surface area (TPSA) is 61.8 Å². The van der Waals surface area contributed by atoms with Crippen LogP contribution in [0.15, 0.2) is 51.9 Å². The number of nitrogens with zero attached hydrogens (tertiary/aromatic N) is 2. The molecule has 2 amide bonds. The Balaban J connectivity index is 1.88. The molecule has 0 aliphatic carbocycles. The highest BCUT2D eigenvalue weighted by Crippen LogP contribution is 2.23. The number of aliphatic imine (C=N–C) groups is 1. The number of anilines is 1. The number of nitrogens with one attached hydrogen (secondary N) is 1. The Morgan fingerprint density at radius 1 is 1.12 bits per heavy atom. The second-order valence-electron chi connectivity index (χ2n) is 5.97. The summed E-state index contributed by atoms with van der Waals surface area (Å²) in [6, 6.07) is 12.8. The van der Waals surface area contributed by atoms with E-state index in [4.69, 9.17) is 12.2 Å². The van der Waals surface area contributed by atoms with Crippen molar-refractivity contribution in [3.63, 3.8) is 0 Å². The molecule has 132 valence electrons. The summed E-state index contributed by atoms with van der Waals surface area (Å²) < 4.78 is 0.883. The lowest BCUT2D eigenvalue weighted by molar-refractivity contribution is -0.130. The van der Waals surface area contributed by atoms with E-state index < -0.39 is 17.7 Å². The molecular weight excluding hydrogens is 414 g/mol. The number of amides is 2. The molecule has 0 bridgehead atoms. The fourth-order valence-corrected chi connectivity index (χ4v) is 3.08. The minimum absolute atomic E-state index is 0.0677. The first-order valence-corrected chi connectivity index (χ1v) is 9.13. The summed E-state index contributed by atoms with van der Waals surface area (Å²) in [6.45, 7) is 4.00. The predicted octanol–water partition coefficient (Wildman–Crippen LogP) is 3.83. The summed E-state index contributed by atoms with van der Waals surface area (Å²) in [6.07, 6.45) is 1.37. The minimum atomic E-state index is -1.04. The van der Waals surface area contributed by atoms with Gasteiger partial charge in [0, 0.05) is 10.7 Å². The zero-order chi connectivity index (χ0) is 18.8. The van der Waals surface area contributed by atoms with Crippen molar-refractivity contribution in [3.05, 3.63) is 58.1 Å². The van der Waals surface area contributed by atoms with E-state index in [-0.39, 0.29) is 5.11 Å². The molecular formula is C19H16BrN3O2S. The maximum absolute atomic E-state index is 12.8. The number of hydrogen-bond donors (Lipinski definition) is 1. The molecule has 7 heteroatoms. The molecule has 1 aliphatic heterocycles. The van der Waals surface area contributed by atoms with Crippen LogP contribution >= 0.6 is 28.1 Å². The molecule has 2 aromatic carbocycles. The van der Waals surface area contributed by atoms with E-state index in [0.29, 0.717) is 11.4 Å². The van der Waals surface area contributed by atoms with Gasteiger partial charge in [-0.15, -0.1) is 0 Å². The van der Waals surface area contributed by atoms with E-state index in [1.807, 2.05) is 32.0 Å². The molecule has 1 heterocycles. The third kappa shape index (κ3) is 3.73. The molecule has 1 atom stereocenters.